The first-order valence-electron chi connectivity index (χ1n) is 5.31. The van der Waals surface area contributed by atoms with Gasteiger partial charge in [-0.25, -0.2) is 4.79 Å². The van der Waals surface area contributed by atoms with Crippen molar-refractivity contribution in [3.05, 3.63) is 29.3 Å². The zero-order valence-electron chi connectivity index (χ0n) is 9.62. The van der Waals surface area contributed by atoms with Crippen LogP contribution in [0.25, 0.3) is 0 Å². The van der Waals surface area contributed by atoms with Gasteiger partial charge in [0.05, 0.1) is 17.9 Å². The Kier molecular flexibility index (Phi) is 4.79. The van der Waals surface area contributed by atoms with Gasteiger partial charge in [0.25, 0.3) is 0 Å². The van der Waals surface area contributed by atoms with E-state index in [1.807, 2.05) is 19.9 Å². The minimum absolute atomic E-state index is 0.302. The fourth-order valence-electron chi connectivity index (χ4n) is 1.47. The predicted molar refractivity (Wildman–Crippen MR) is 63.1 cm³/mol. The zero-order chi connectivity index (χ0) is 12.0. The molecule has 0 heterocycles. The van der Waals surface area contributed by atoms with Crippen molar-refractivity contribution < 1.29 is 14.6 Å². The van der Waals surface area contributed by atoms with Crippen molar-refractivity contribution in [3.8, 4) is 0 Å². The molecule has 2 N–H and O–H groups in total. The summed E-state index contributed by atoms with van der Waals surface area (Å²) in [7, 11) is 0. The average molecular weight is 223 g/mol. The van der Waals surface area contributed by atoms with Crippen LogP contribution in [0.1, 0.15) is 22.8 Å². The number of benzene rings is 1. The second kappa shape index (κ2) is 6.12. The van der Waals surface area contributed by atoms with Gasteiger partial charge in [0.15, 0.2) is 0 Å². The van der Waals surface area contributed by atoms with Crippen molar-refractivity contribution in [2.45, 2.75) is 13.8 Å². The molecule has 1 rings (SSSR count). The molecule has 0 fully saturated rings. The number of carbonyl (C=O) groups is 1. The first-order chi connectivity index (χ1) is 7.66. The molecule has 4 heteroatoms. The van der Waals surface area contributed by atoms with E-state index >= 15 is 0 Å². The van der Waals surface area contributed by atoms with Gasteiger partial charge in [-0.1, -0.05) is 12.1 Å². The standard InChI is InChI=1S/C12H17NO3/c1-3-16-8-7-13-11-9(2)5-4-6-10(11)12(14)15/h4-6,13H,3,7-8H2,1-2H3,(H,14,15). The fraction of sp³-hybridized carbons (Fsp3) is 0.417. The Hall–Kier alpha value is -1.55. The van der Waals surface area contributed by atoms with E-state index in [2.05, 4.69) is 5.32 Å². The molecule has 0 aliphatic carbocycles. The number of anilines is 1. The van der Waals surface area contributed by atoms with Crippen LogP contribution in [0.4, 0.5) is 5.69 Å². The summed E-state index contributed by atoms with van der Waals surface area (Å²) in [6.07, 6.45) is 0. The molecule has 88 valence electrons. The highest BCUT2D eigenvalue weighted by Gasteiger charge is 2.10. The quantitative estimate of drug-likeness (QED) is 0.725. The molecule has 0 aliphatic rings. The molecule has 1 aromatic carbocycles. The van der Waals surface area contributed by atoms with E-state index in [0.717, 1.165) is 5.56 Å². The van der Waals surface area contributed by atoms with Crippen molar-refractivity contribution in [1.82, 2.24) is 0 Å². The minimum atomic E-state index is -0.914. The number of carboxylic acids is 1. The number of aryl methyl sites for hydroxylation is 1. The van der Waals surface area contributed by atoms with Gasteiger partial charge in [0.2, 0.25) is 0 Å². The third-order valence-corrected chi connectivity index (χ3v) is 2.26. The molecule has 16 heavy (non-hydrogen) atoms. The van der Waals surface area contributed by atoms with Crippen molar-refractivity contribution >= 4 is 11.7 Å². The lowest BCUT2D eigenvalue weighted by Gasteiger charge is -2.12. The lowest BCUT2D eigenvalue weighted by molar-refractivity contribution is 0.0697. The maximum Gasteiger partial charge on any atom is 0.337 e. The van der Waals surface area contributed by atoms with Gasteiger partial charge in [-0.15, -0.1) is 0 Å². The summed E-state index contributed by atoms with van der Waals surface area (Å²) in [4.78, 5) is 11.0. The molecule has 0 saturated carbocycles. The van der Waals surface area contributed by atoms with Crippen molar-refractivity contribution in [3.63, 3.8) is 0 Å². The Morgan fingerprint density at radius 1 is 1.50 bits per heavy atom. The average Bonchev–Trinajstić information content (AvgIpc) is 2.25. The second-order valence-corrected chi connectivity index (χ2v) is 3.43. The molecule has 4 nitrogen and oxygen atoms in total. The van der Waals surface area contributed by atoms with E-state index in [9.17, 15) is 4.79 Å². The van der Waals surface area contributed by atoms with Crippen LogP contribution in [-0.2, 0) is 4.74 Å². The van der Waals surface area contributed by atoms with Gasteiger partial charge in [-0.2, -0.15) is 0 Å². The number of rotatable bonds is 6. The van der Waals surface area contributed by atoms with Crippen LogP contribution in [0.3, 0.4) is 0 Å². The monoisotopic (exact) mass is 223 g/mol. The summed E-state index contributed by atoms with van der Waals surface area (Å²) in [5.41, 5.74) is 1.91. The minimum Gasteiger partial charge on any atom is -0.478 e. The van der Waals surface area contributed by atoms with Gasteiger partial charge in [-0.3, -0.25) is 0 Å². The van der Waals surface area contributed by atoms with Crippen LogP contribution in [0.2, 0.25) is 0 Å². The highest BCUT2D eigenvalue weighted by atomic mass is 16.5. The molecular weight excluding hydrogens is 206 g/mol. The third-order valence-electron chi connectivity index (χ3n) is 2.26. The van der Waals surface area contributed by atoms with E-state index in [0.29, 0.717) is 31.0 Å². The fourth-order valence-corrected chi connectivity index (χ4v) is 1.47. The Balaban J connectivity index is 2.73. The van der Waals surface area contributed by atoms with Crippen LogP contribution < -0.4 is 5.32 Å². The molecule has 0 radical (unpaired) electrons. The van der Waals surface area contributed by atoms with Crippen molar-refractivity contribution in [1.29, 1.82) is 0 Å². The lowest BCUT2D eigenvalue weighted by Crippen LogP contribution is -2.13. The third kappa shape index (κ3) is 3.24. The van der Waals surface area contributed by atoms with E-state index < -0.39 is 5.97 Å². The maximum atomic E-state index is 11.0. The molecule has 0 aromatic heterocycles. The van der Waals surface area contributed by atoms with E-state index in [1.165, 1.54) is 0 Å². The summed E-state index contributed by atoms with van der Waals surface area (Å²) in [6, 6.07) is 5.22. The normalized spacial score (nSPS) is 10.1. The maximum absolute atomic E-state index is 11.0. The van der Waals surface area contributed by atoms with E-state index in [1.54, 1.807) is 12.1 Å². The first kappa shape index (κ1) is 12.5. The van der Waals surface area contributed by atoms with E-state index in [-0.39, 0.29) is 0 Å². The van der Waals surface area contributed by atoms with Gasteiger partial charge >= 0.3 is 5.97 Å². The van der Waals surface area contributed by atoms with Gasteiger partial charge < -0.3 is 15.2 Å². The summed E-state index contributed by atoms with van der Waals surface area (Å²) >= 11 is 0. The molecule has 0 unspecified atom stereocenters. The predicted octanol–water partition coefficient (Wildman–Crippen LogP) is 2.14. The zero-order valence-corrected chi connectivity index (χ0v) is 9.62. The summed E-state index contributed by atoms with van der Waals surface area (Å²) in [6.45, 7) is 5.66. The largest absolute Gasteiger partial charge is 0.478 e. The number of hydrogen-bond acceptors (Lipinski definition) is 3. The first-order valence-corrected chi connectivity index (χ1v) is 5.31. The Morgan fingerprint density at radius 3 is 2.88 bits per heavy atom. The number of ether oxygens (including phenoxy) is 1. The number of carboxylic acid groups (broad SMARTS) is 1. The van der Waals surface area contributed by atoms with Gasteiger partial charge in [-0.05, 0) is 25.5 Å². The smallest absolute Gasteiger partial charge is 0.337 e. The Bertz CT molecular complexity index is 363. The molecule has 0 atom stereocenters. The second-order valence-electron chi connectivity index (χ2n) is 3.43. The van der Waals surface area contributed by atoms with Crippen LogP contribution >= 0.6 is 0 Å². The number of nitrogens with one attached hydrogen (secondary N) is 1. The van der Waals surface area contributed by atoms with E-state index in [4.69, 9.17) is 9.84 Å². The van der Waals surface area contributed by atoms with Gasteiger partial charge in [0, 0.05) is 13.2 Å². The lowest BCUT2D eigenvalue weighted by atomic mass is 10.1. The SMILES string of the molecule is CCOCCNc1c(C)cccc1C(=O)O. The number of para-hydroxylation sites is 1. The number of hydrogen-bond donors (Lipinski definition) is 2. The van der Waals surface area contributed by atoms with Crippen LogP contribution in [-0.4, -0.2) is 30.8 Å². The highest BCUT2D eigenvalue weighted by Crippen LogP contribution is 2.20. The summed E-state index contributed by atoms with van der Waals surface area (Å²) in [5.74, 6) is -0.914. The Labute approximate surface area is 95.2 Å². The molecule has 0 amide bonds. The molecule has 0 aliphatic heterocycles. The number of aromatic carboxylic acids is 1. The topological polar surface area (TPSA) is 58.6 Å². The van der Waals surface area contributed by atoms with Crippen LogP contribution in [0.15, 0.2) is 18.2 Å². The van der Waals surface area contributed by atoms with Crippen LogP contribution in [0, 0.1) is 6.92 Å². The highest BCUT2D eigenvalue weighted by molar-refractivity contribution is 5.95. The van der Waals surface area contributed by atoms with Crippen molar-refractivity contribution in [2.24, 2.45) is 0 Å². The molecule has 0 spiro atoms. The van der Waals surface area contributed by atoms with Crippen molar-refractivity contribution in [2.75, 3.05) is 25.1 Å². The molecule has 1 aromatic rings. The Morgan fingerprint density at radius 2 is 2.25 bits per heavy atom. The van der Waals surface area contributed by atoms with Crippen LogP contribution in [0.5, 0.6) is 0 Å². The summed E-state index contributed by atoms with van der Waals surface area (Å²) < 4.78 is 5.19. The molecule has 0 bridgehead atoms. The molecule has 0 saturated heterocycles. The molecular formula is C12H17NO3. The summed E-state index contributed by atoms with van der Waals surface area (Å²) in [5, 5.41) is 12.1. The van der Waals surface area contributed by atoms with Gasteiger partial charge in [0.1, 0.15) is 0 Å².